The predicted octanol–water partition coefficient (Wildman–Crippen LogP) is 6.27. The van der Waals surface area contributed by atoms with Crippen LogP contribution in [0.3, 0.4) is 0 Å². The Bertz CT molecular complexity index is 1940. The van der Waals surface area contributed by atoms with Gasteiger partial charge in [-0.2, -0.15) is 0 Å². The van der Waals surface area contributed by atoms with Crippen molar-refractivity contribution in [3.05, 3.63) is 107 Å². The lowest BCUT2D eigenvalue weighted by molar-refractivity contribution is -0.140. The van der Waals surface area contributed by atoms with Crippen molar-refractivity contribution in [1.82, 2.24) is 10.2 Å². The summed E-state index contributed by atoms with van der Waals surface area (Å²) < 4.78 is 52.2. The van der Waals surface area contributed by atoms with Crippen molar-refractivity contribution in [3.63, 3.8) is 0 Å². The lowest BCUT2D eigenvalue weighted by atomic mass is 10.0. The average Bonchev–Trinajstić information content (AvgIpc) is 3.68. The first-order valence-electron chi connectivity index (χ1n) is 16.9. The first kappa shape index (κ1) is 38.3. The van der Waals surface area contributed by atoms with Crippen molar-refractivity contribution < 1.29 is 37.0 Å². The molecule has 276 valence electrons. The molecule has 0 aliphatic heterocycles. The quantitative estimate of drug-likeness (QED) is 0.142. The molecule has 1 N–H and O–H groups in total. The van der Waals surface area contributed by atoms with E-state index in [4.69, 9.17) is 30.5 Å². The third-order valence-electron chi connectivity index (χ3n) is 9.12. The number of halogens is 1. The number of methoxy groups -OCH3 is 4. The summed E-state index contributed by atoms with van der Waals surface area (Å²) in [6, 6.07) is 24.3. The monoisotopic (exact) mass is 749 g/mol. The van der Waals surface area contributed by atoms with E-state index >= 15 is 0 Å². The van der Waals surface area contributed by atoms with Gasteiger partial charge in [-0.05, 0) is 60.4 Å². The zero-order valence-electron chi connectivity index (χ0n) is 29.7. The van der Waals surface area contributed by atoms with Crippen LogP contribution in [0, 0.1) is 0 Å². The average molecular weight is 750 g/mol. The number of amides is 2. The van der Waals surface area contributed by atoms with Gasteiger partial charge >= 0.3 is 0 Å². The fourth-order valence-electron chi connectivity index (χ4n) is 6.32. The molecule has 4 aromatic rings. The van der Waals surface area contributed by atoms with Crippen LogP contribution < -0.4 is 28.6 Å². The molecule has 1 atom stereocenters. The van der Waals surface area contributed by atoms with Crippen LogP contribution in [-0.2, 0) is 32.6 Å². The molecule has 0 unspecified atom stereocenters. The van der Waals surface area contributed by atoms with Crippen LogP contribution in [0.25, 0.3) is 0 Å². The minimum Gasteiger partial charge on any atom is -0.497 e. The molecule has 1 aliphatic rings. The molecule has 2 amide bonds. The van der Waals surface area contributed by atoms with E-state index in [0.717, 1.165) is 35.6 Å². The lowest BCUT2D eigenvalue weighted by Crippen LogP contribution is -2.54. The van der Waals surface area contributed by atoms with Gasteiger partial charge in [0.05, 0.1) is 39.0 Å². The number of hydrogen-bond donors (Lipinski definition) is 1. The Hall–Kier alpha value is -4.94. The van der Waals surface area contributed by atoms with Gasteiger partial charge in [-0.25, -0.2) is 8.42 Å². The zero-order valence-corrected chi connectivity index (χ0v) is 31.3. The molecular formula is C39H44ClN3O8S. The molecule has 1 saturated carbocycles. The second kappa shape index (κ2) is 17.5. The maximum Gasteiger partial charge on any atom is 0.265 e. The lowest BCUT2D eigenvalue weighted by Gasteiger charge is -2.34. The summed E-state index contributed by atoms with van der Waals surface area (Å²) in [6.07, 6.45) is 3.91. The zero-order chi connectivity index (χ0) is 37.3. The summed E-state index contributed by atoms with van der Waals surface area (Å²) >= 11 is 6.21. The Morgan fingerprint density at radius 3 is 2.08 bits per heavy atom. The van der Waals surface area contributed by atoms with Crippen LogP contribution in [0.15, 0.2) is 95.9 Å². The number of sulfonamides is 1. The summed E-state index contributed by atoms with van der Waals surface area (Å²) in [7, 11) is 1.21. The summed E-state index contributed by atoms with van der Waals surface area (Å²) in [5, 5.41) is 3.69. The molecule has 5 rings (SSSR count). The summed E-state index contributed by atoms with van der Waals surface area (Å²) in [5.41, 5.74) is 1.61. The van der Waals surface area contributed by atoms with E-state index in [2.05, 4.69) is 5.32 Å². The van der Waals surface area contributed by atoms with Crippen LogP contribution in [0.2, 0.25) is 5.02 Å². The number of ether oxygens (including phenoxy) is 4. The van der Waals surface area contributed by atoms with Crippen molar-refractivity contribution in [2.24, 2.45) is 0 Å². The van der Waals surface area contributed by atoms with Gasteiger partial charge in [-0.3, -0.25) is 13.9 Å². The maximum absolute atomic E-state index is 14.9. The number of anilines is 1. The number of nitrogens with one attached hydrogen (secondary N) is 1. The number of benzene rings is 4. The standard InChI is InChI=1S/C39H44ClN3O8S/c1-48-31-18-20-35(49-2)33(23-31)43(52(46,47)32-19-21-36(50-3)37(24-32)51-4)26-38(44)42(25-28-14-16-29(40)17-15-28)34(22-27-10-6-5-7-11-27)39(45)41-30-12-8-9-13-30/h5-7,10-11,14-21,23-24,30,34H,8-9,12-13,22,25-26H2,1-4H3,(H,41,45)/t34-/m0/s1. The molecule has 11 nitrogen and oxygen atoms in total. The summed E-state index contributed by atoms with van der Waals surface area (Å²) in [6.45, 7) is -0.680. The van der Waals surface area contributed by atoms with Crippen molar-refractivity contribution in [1.29, 1.82) is 0 Å². The third kappa shape index (κ3) is 9.10. The Kier molecular flexibility index (Phi) is 12.9. The first-order valence-corrected chi connectivity index (χ1v) is 18.7. The van der Waals surface area contributed by atoms with E-state index in [1.165, 1.54) is 57.6 Å². The molecule has 0 heterocycles. The van der Waals surface area contributed by atoms with E-state index in [9.17, 15) is 18.0 Å². The molecule has 0 bridgehead atoms. The van der Waals surface area contributed by atoms with E-state index < -0.39 is 28.5 Å². The second-order valence-electron chi connectivity index (χ2n) is 12.4. The number of carbonyl (C=O) groups is 2. The largest absolute Gasteiger partial charge is 0.497 e. The van der Waals surface area contributed by atoms with Gasteiger partial charge in [-0.1, -0.05) is 66.9 Å². The molecule has 1 aliphatic carbocycles. The predicted molar refractivity (Wildman–Crippen MR) is 200 cm³/mol. The van der Waals surface area contributed by atoms with Gasteiger partial charge in [0, 0.05) is 36.2 Å². The number of carbonyl (C=O) groups excluding carboxylic acids is 2. The molecule has 0 saturated heterocycles. The molecule has 0 radical (unpaired) electrons. The highest BCUT2D eigenvalue weighted by Gasteiger charge is 2.37. The van der Waals surface area contributed by atoms with Crippen LogP contribution in [0.5, 0.6) is 23.0 Å². The van der Waals surface area contributed by atoms with Crippen LogP contribution in [0.1, 0.15) is 36.8 Å². The second-order valence-corrected chi connectivity index (χ2v) is 14.7. The van der Waals surface area contributed by atoms with Gasteiger partial charge in [-0.15, -0.1) is 0 Å². The number of nitrogens with zero attached hydrogens (tertiary/aromatic N) is 2. The van der Waals surface area contributed by atoms with E-state index in [1.54, 1.807) is 36.4 Å². The Labute approximate surface area is 310 Å². The molecule has 0 spiro atoms. The van der Waals surface area contributed by atoms with Gasteiger partial charge in [0.25, 0.3) is 10.0 Å². The SMILES string of the molecule is COc1ccc(OC)c(N(CC(=O)N(Cc2ccc(Cl)cc2)[C@@H](Cc2ccccc2)C(=O)NC2CCCC2)S(=O)(=O)c2ccc(OC)c(OC)c2)c1. The molecule has 52 heavy (non-hydrogen) atoms. The molecule has 4 aromatic carbocycles. The minimum atomic E-state index is -4.50. The van der Waals surface area contributed by atoms with Crippen molar-refractivity contribution in [3.8, 4) is 23.0 Å². The first-order chi connectivity index (χ1) is 25.1. The van der Waals surface area contributed by atoms with Crippen LogP contribution in [0.4, 0.5) is 5.69 Å². The highest BCUT2D eigenvalue weighted by molar-refractivity contribution is 7.92. The van der Waals surface area contributed by atoms with Gasteiger partial charge in [0.15, 0.2) is 11.5 Å². The number of rotatable bonds is 16. The van der Waals surface area contributed by atoms with Crippen LogP contribution in [-0.4, -0.2) is 72.2 Å². The highest BCUT2D eigenvalue weighted by atomic mass is 35.5. The third-order valence-corrected chi connectivity index (χ3v) is 11.1. The van der Waals surface area contributed by atoms with E-state index in [-0.39, 0.29) is 47.0 Å². The molecule has 0 aromatic heterocycles. The normalized spacial score (nSPS) is 13.6. The van der Waals surface area contributed by atoms with E-state index in [1.807, 2.05) is 30.3 Å². The fourth-order valence-corrected chi connectivity index (χ4v) is 7.88. The van der Waals surface area contributed by atoms with Gasteiger partial charge < -0.3 is 29.2 Å². The van der Waals surface area contributed by atoms with Crippen molar-refractivity contribution in [2.75, 3.05) is 39.3 Å². The topological polar surface area (TPSA) is 124 Å². The van der Waals surface area contributed by atoms with Crippen LogP contribution >= 0.6 is 11.6 Å². The molecular weight excluding hydrogens is 706 g/mol. The highest BCUT2D eigenvalue weighted by Crippen LogP contribution is 2.38. The Balaban J connectivity index is 1.64. The van der Waals surface area contributed by atoms with Crippen molar-refractivity contribution >= 4 is 39.1 Å². The summed E-state index contributed by atoms with van der Waals surface area (Å²) in [4.78, 5) is 30.5. The van der Waals surface area contributed by atoms with E-state index in [0.29, 0.717) is 22.1 Å². The molecule has 13 heteroatoms. The fraction of sp³-hybridized carbons (Fsp3) is 0.333. The minimum absolute atomic E-state index is 0.00504. The summed E-state index contributed by atoms with van der Waals surface area (Å²) in [5.74, 6) is 0.101. The number of hydrogen-bond acceptors (Lipinski definition) is 8. The van der Waals surface area contributed by atoms with Gasteiger partial charge in [0.1, 0.15) is 24.1 Å². The Morgan fingerprint density at radius 2 is 1.44 bits per heavy atom. The maximum atomic E-state index is 14.9. The van der Waals surface area contributed by atoms with Gasteiger partial charge in [0.2, 0.25) is 11.8 Å². The van der Waals surface area contributed by atoms with Crippen molar-refractivity contribution in [2.45, 2.75) is 55.6 Å². The Morgan fingerprint density at radius 1 is 0.788 bits per heavy atom. The smallest absolute Gasteiger partial charge is 0.265 e. The molecule has 1 fully saturated rings.